The first kappa shape index (κ1) is 20.4. The number of ether oxygens (including phenoxy) is 2. The number of carbonyl (C=O) groups excluding carboxylic acids is 2. The highest BCUT2D eigenvalue weighted by molar-refractivity contribution is 5.89. The molecule has 5 heteroatoms. The summed E-state index contributed by atoms with van der Waals surface area (Å²) in [6, 6.07) is 18.9. The van der Waals surface area contributed by atoms with E-state index < -0.39 is 6.10 Å². The molecule has 30 heavy (non-hydrogen) atoms. The summed E-state index contributed by atoms with van der Waals surface area (Å²) >= 11 is 0. The molecular formula is C25H26O5. The number of hydrogen-bond donors (Lipinski definition) is 1. The van der Waals surface area contributed by atoms with Gasteiger partial charge in [0.15, 0.2) is 0 Å². The second-order valence-electron chi connectivity index (χ2n) is 8.00. The van der Waals surface area contributed by atoms with E-state index in [0.29, 0.717) is 24.8 Å². The van der Waals surface area contributed by atoms with Crippen molar-refractivity contribution in [3.05, 3.63) is 83.9 Å². The third kappa shape index (κ3) is 4.79. The molecule has 2 fully saturated rings. The number of aliphatic hydroxyl groups is 1. The third-order valence-electron chi connectivity index (χ3n) is 5.95. The lowest BCUT2D eigenvalue weighted by Gasteiger charge is -2.20. The van der Waals surface area contributed by atoms with Crippen LogP contribution in [0.5, 0.6) is 0 Å². The van der Waals surface area contributed by atoms with Gasteiger partial charge in [0.05, 0.1) is 18.1 Å². The Morgan fingerprint density at radius 2 is 1.83 bits per heavy atom. The molecule has 1 saturated carbocycles. The molecule has 1 heterocycles. The first-order valence-electron chi connectivity index (χ1n) is 10.5. The van der Waals surface area contributed by atoms with Crippen LogP contribution < -0.4 is 0 Å². The fraction of sp³-hybridized carbons (Fsp3) is 0.360. The van der Waals surface area contributed by atoms with E-state index >= 15 is 0 Å². The van der Waals surface area contributed by atoms with Gasteiger partial charge in [-0.3, -0.25) is 4.79 Å². The van der Waals surface area contributed by atoms with Gasteiger partial charge >= 0.3 is 11.9 Å². The molecule has 1 N–H and O–H groups in total. The Bertz CT molecular complexity index is 892. The number of hydrogen-bond acceptors (Lipinski definition) is 5. The van der Waals surface area contributed by atoms with E-state index in [1.165, 1.54) is 5.56 Å². The van der Waals surface area contributed by atoms with E-state index in [4.69, 9.17) is 9.47 Å². The van der Waals surface area contributed by atoms with Crippen LogP contribution in [0.2, 0.25) is 0 Å². The predicted octanol–water partition coefficient (Wildman–Crippen LogP) is 3.71. The summed E-state index contributed by atoms with van der Waals surface area (Å²) < 4.78 is 11.2. The SMILES string of the molecule is O=C1CC2C(CC(OC(=O)c3ccccc3)C2/C=C/C(O)CCc2ccccc2)O1. The van der Waals surface area contributed by atoms with E-state index in [-0.39, 0.29) is 36.0 Å². The molecular weight excluding hydrogens is 380 g/mol. The Morgan fingerprint density at radius 3 is 2.57 bits per heavy atom. The molecule has 0 amide bonds. The summed E-state index contributed by atoms with van der Waals surface area (Å²) in [5, 5.41) is 10.4. The Kier molecular flexibility index (Phi) is 6.29. The van der Waals surface area contributed by atoms with Crippen molar-refractivity contribution in [3.8, 4) is 0 Å². The second kappa shape index (κ2) is 9.26. The predicted molar refractivity (Wildman–Crippen MR) is 112 cm³/mol. The minimum absolute atomic E-state index is 0.0244. The summed E-state index contributed by atoms with van der Waals surface area (Å²) in [4.78, 5) is 24.3. The Morgan fingerprint density at radius 1 is 1.13 bits per heavy atom. The van der Waals surface area contributed by atoms with Crippen molar-refractivity contribution in [3.63, 3.8) is 0 Å². The average Bonchev–Trinajstić information content (AvgIpc) is 3.27. The normalized spacial score (nSPS) is 26.4. The van der Waals surface area contributed by atoms with Gasteiger partial charge < -0.3 is 14.6 Å². The molecule has 1 aliphatic heterocycles. The fourth-order valence-corrected chi connectivity index (χ4v) is 4.38. The van der Waals surface area contributed by atoms with Crippen molar-refractivity contribution in [1.82, 2.24) is 0 Å². The van der Waals surface area contributed by atoms with E-state index in [0.717, 1.165) is 6.42 Å². The monoisotopic (exact) mass is 406 g/mol. The van der Waals surface area contributed by atoms with Crippen LogP contribution in [0.1, 0.15) is 35.2 Å². The third-order valence-corrected chi connectivity index (χ3v) is 5.95. The van der Waals surface area contributed by atoms with E-state index in [1.54, 1.807) is 30.3 Å². The molecule has 2 aromatic rings. The van der Waals surface area contributed by atoms with Gasteiger partial charge in [0.25, 0.3) is 0 Å². The summed E-state index contributed by atoms with van der Waals surface area (Å²) in [5.74, 6) is -0.764. The van der Waals surface area contributed by atoms with Crippen LogP contribution in [0.25, 0.3) is 0 Å². The molecule has 1 aliphatic carbocycles. The number of fused-ring (bicyclic) bond motifs is 1. The van der Waals surface area contributed by atoms with Crippen molar-refractivity contribution in [2.45, 2.75) is 44.0 Å². The lowest BCUT2D eigenvalue weighted by atomic mass is 9.91. The van der Waals surface area contributed by atoms with Crippen LogP contribution in [0.3, 0.4) is 0 Å². The van der Waals surface area contributed by atoms with Crippen molar-refractivity contribution < 1.29 is 24.2 Å². The standard InChI is InChI=1S/C25H26O5/c26-19(12-11-17-7-3-1-4-8-17)13-14-20-21-15-24(27)29-23(21)16-22(20)30-25(28)18-9-5-2-6-10-18/h1-10,13-14,19-23,26H,11-12,15-16H2/b14-13+. The minimum Gasteiger partial charge on any atom is -0.462 e. The van der Waals surface area contributed by atoms with Gasteiger partial charge in [-0.2, -0.15) is 0 Å². The number of carbonyl (C=O) groups is 2. The summed E-state index contributed by atoms with van der Waals surface area (Å²) in [5.41, 5.74) is 1.67. The van der Waals surface area contributed by atoms with Crippen molar-refractivity contribution in [2.24, 2.45) is 11.8 Å². The van der Waals surface area contributed by atoms with Gasteiger partial charge in [0.2, 0.25) is 0 Å². The molecule has 0 radical (unpaired) electrons. The molecule has 156 valence electrons. The molecule has 0 bridgehead atoms. The molecule has 4 rings (SSSR count). The van der Waals surface area contributed by atoms with Crippen molar-refractivity contribution in [2.75, 3.05) is 0 Å². The molecule has 5 unspecified atom stereocenters. The van der Waals surface area contributed by atoms with Gasteiger partial charge in [-0.15, -0.1) is 0 Å². The first-order valence-corrected chi connectivity index (χ1v) is 10.5. The maximum atomic E-state index is 12.5. The zero-order valence-corrected chi connectivity index (χ0v) is 16.7. The van der Waals surface area contributed by atoms with Gasteiger partial charge in [-0.05, 0) is 30.5 Å². The molecule has 5 atom stereocenters. The van der Waals surface area contributed by atoms with Crippen molar-refractivity contribution in [1.29, 1.82) is 0 Å². The van der Waals surface area contributed by atoms with Gasteiger partial charge in [-0.1, -0.05) is 60.7 Å². The van der Waals surface area contributed by atoms with Crippen LogP contribution in [0.15, 0.2) is 72.8 Å². The maximum Gasteiger partial charge on any atom is 0.338 e. The van der Waals surface area contributed by atoms with Crippen LogP contribution in [-0.4, -0.2) is 35.4 Å². The lowest BCUT2D eigenvalue weighted by Crippen LogP contribution is -2.25. The fourth-order valence-electron chi connectivity index (χ4n) is 4.38. The summed E-state index contributed by atoms with van der Waals surface area (Å²) in [6.45, 7) is 0. The maximum absolute atomic E-state index is 12.5. The summed E-state index contributed by atoms with van der Waals surface area (Å²) in [7, 11) is 0. The van der Waals surface area contributed by atoms with E-state index in [1.807, 2.05) is 42.5 Å². The second-order valence-corrected chi connectivity index (χ2v) is 8.00. The molecule has 2 aliphatic rings. The van der Waals surface area contributed by atoms with E-state index in [2.05, 4.69) is 0 Å². The van der Waals surface area contributed by atoms with Crippen LogP contribution in [0, 0.1) is 11.8 Å². The van der Waals surface area contributed by atoms with Crippen LogP contribution >= 0.6 is 0 Å². The number of aliphatic hydroxyl groups excluding tert-OH is 1. The van der Waals surface area contributed by atoms with Crippen molar-refractivity contribution >= 4 is 11.9 Å². The minimum atomic E-state index is -0.604. The highest BCUT2D eigenvalue weighted by Gasteiger charge is 2.50. The average molecular weight is 406 g/mol. The topological polar surface area (TPSA) is 72.8 Å². The quantitative estimate of drug-likeness (QED) is 0.561. The van der Waals surface area contributed by atoms with Gasteiger partial charge in [0, 0.05) is 18.3 Å². The number of esters is 2. The smallest absolute Gasteiger partial charge is 0.338 e. The largest absolute Gasteiger partial charge is 0.462 e. The van der Waals surface area contributed by atoms with Crippen LogP contribution in [0.4, 0.5) is 0 Å². The van der Waals surface area contributed by atoms with Crippen LogP contribution in [-0.2, 0) is 20.7 Å². The first-order chi connectivity index (χ1) is 14.6. The van der Waals surface area contributed by atoms with E-state index in [9.17, 15) is 14.7 Å². The van der Waals surface area contributed by atoms with Gasteiger partial charge in [-0.25, -0.2) is 4.79 Å². The Labute approximate surface area is 176 Å². The zero-order chi connectivity index (χ0) is 20.9. The summed E-state index contributed by atoms with van der Waals surface area (Å²) in [6.07, 6.45) is 4.65. The zero-order valence-electron chi connectivity index (χ0n) is 16.7. The van der Waals surface area contributed by atoms with Gasteiger partial charge in [0.1, 0.15) is 12.2 Å². The molecule has 1 saturated heterocycles. The number of rotatable bonds is 7. The molecule has 0 aromatic heterocycles. The lowest BCUT2D eigenvalue weighted by molar-refractivity contribution is -0.141. The highest BCUT2D eigenvalue weighted by Crippen LogP contribution is 2.43. The Hall–Kier alpha value is -2.92. The highest BCUT2D eigenvalue weighted by atomic mass is 16.6. The number of benzene rings is 2. The molecule has 2 aromatic carbocycles. The molecule has 5 nitrogen and oxygen atoms in total. The number of aryl methyl sites for hydroxylation is 1. The molecule has 0 spiro atoms. The Balaban J connectivity index is 1.41.